The molecule has 1 fully saturated rings. The number of methoxy groups -OCH3 is 1. The van der Waals surface area contributed by atoms with E-state index in [2.05, 4.69) is 4.57 Å². The summed E-state index contributed by atoms with van der Waals surface area (Å²) in [7, 11) is 1.60. The molecule has 1 aliphatic rings. The second-order valence-electron chi connectivity index (χ2n) is 9.63. The molecule has 0 saturated heterocycles. The second-order valence-corrected chi connectivity index (χ2v) is 10.7. The third-order valence-electron chi connectivity index (χ3n) is 7.01. The van der Waals surface area contributed by atoms with Crippen LogP contribution < -0.4 is 0 Å². The SMILES string of the molecule is COCCN(CC(=O)N(Cc1cccn1Cc1ccc(F)cc1)C1CCCCC1)C(=O)Cc1cccs1. The molecule has 0 spiro atoms. The van der Waals surface area contributed by atoms with E-state index in [1.54, 1.807) is 35.5 Å². The third kappa shape index (κ3) is 7.76. The van der Waals surface area contributed by atoms with Crippen molar-refractivity contribution < 1.29 is 18.7 Å². The topological polar surface area (TPSA) is 54.8 Å². The average molecular weight is 526 g/mol. The Hall–Kier alpha value is -2.97. The molecule has 1 aromatic carbocycles. The molecule has 1 saturated carbocycles. The highest BCUT2D eigenvalue weighted by Crippen LogP contribution is 2.25. The number of carbonyl (C=O) groups excluding carboxylic acids is 2. The Bertz CT molecular complexity index is 1120. The first-order valence-electron chi connectivity index (χ1n) is 13.0. The number of amides is 2. The maximum absolute atomic E-state index is 13.8. The lowest BCUT2D eigenvalue weighted by Crippen LogP contribution is -2.48. The summed E-state index contributed by atoms with van der Waals surface area (Å²) in [6, 6.07) is 14.6. The number of aromatic nitrogens is 1. The highest BCUT2D eigenvalue weighted by Gasteiger charge is 2.29. The van der Waals surface area contributed by atoms with E-state index < -0.39 is 0 Å². The van der Waals surface area contributed by atoms with Crippen LogP contribution in [0.25, 0.3) is 0 Å². The van der Waals surface area contributed by atoms with Gasteiger partial charge in [0.15, 0.2) is 0 Å². The summed E-state index contributed by atoms with van der Waals surface area (Å²) < 4.78 is 20.7. The molecule has 2 heterocycles. The summed E-state index contributed by atoms with van der Waals surface area (Å²) in [5.74, 6) is -0.342. The Morgan fingerprint density at radius 3 is 2.54 bits per heavy atom. The number of ether oxygens (including phenoxy) is 1. The summed E-state index contributed by atoms with van der Waals surface area (Å²) in [5, 5.41) is 1.96. The number of hydrogen-bond donors (Lipinski definition) is 0. The zero-order chi connectivity index (χ0) is 26.0. The van der Waals surface area contributed by atoms with Crippen LogP contribution in [0.4, 0.5) is 4.39 Å². The van der Waals surface area contributed by atoms with Crippen LogP contribution in [-0.4, -0.2) is 59.0 Å². The van der Waals surface area contributed by atoms with E-state index in [9.17, 15) is 14.0 Å². The van der Waals surface area contributed by atoms with E-state index in [0.717, 1.165) is 41.8 Å². The summed E-state index contributed by atoms with van der Waals surface area (Å²) in [5.41, 5.74) is 2.02. The van der Waals surface area contributed by atoms with Crippen LogP contribution >= 0.6 is 11.3 Å². The number of thiophene rings is 1. The van der Waals surface area contributed by atoms with E-state index in [1.165, 1.54) is 18.6 Å². The Labute approximate surface area is 222 Å². The Kier molecular flexibility index (Phi) is 9.91. The van der Waals surface area contributed by atoms with Gasteiger partial charge in [-0.3, -0.25) is 9.59 Å². The number of nitrogens with zero attached hydrogens (tertiary/aromatic N) is 3. The first-order valence-corrected chi connectivity index (χ1v) is 13.9. The second kappa shape index (κ2) is 13.5. The van der Waals surface area contributed by atoms with Gasteiger partial charge in [0.1, 0.15) is 5.82 Å². The van der Waals surface area contributed by atoms with Gasteiger partial charge in [-0.2, -0.15) is 0 Å². The fourth-order valence-electron chi connectivity index (χ4n) is 4.94. The zero-order valence-corrected chi connectivity index (χ0v) is 22.3. The maximum Gasteiger partial charge on any atom is 0.242 e. The van der Waals surface area contributed by atoms with Crippen molar-refractivity contribution in [3.63, 3.8) is 0 Å². The lowest BCUT2D eigenvalue weighted by atomic mass is 9.94. The predicted octanol–water partition coefficient (Wildman–Crippen LogP) is 5.12. The van der Waals surface area contributed by atoms with Crippen molar-refractivity contribution in [3.8, 4) is 0 Å². The number of hydrogen-bond acceptors (Lipinski definition) is 4. The van der Waals surface area contributed by atoms with Gasteiger partial charge in [-0.1, -0.05) is 37.5 Å². The van der Waals surface area contributed by atoms with Gasteiger partial charge >= 0.3 is 0 Å². The molecule has 4 rings (SSSR count). The molecule has 0 radical (unpaired) electrons. The van der Waals surface area contributed by atoms with E-state index in [1.807, 2.05) is 40.7 Å². The molecule has 0 N–H and O–H groups in total. The number of benzene rings is 1. The van der Waals surface area contributed by atoms with Crippen molar-refractivity contribution in [3.05, 3.63) is 82.1 Å². The molecule has 0 unspecified atom stereocenters. The van der Waals surface area contributed by atoms with E-state index in [0.29, 0.717) is 32.7 Å². The molecule has 2 amide bonds. The highest BCUT2D eigenvalue weighted by molar-refractivity contribution is 7.10. The molecule has 1 aliphatic carbocycles. The lowest BCUT2D eigenvalue weighted by molar-refractivity contribution is -0.143. The van der Waals surface area contributed by atoms with Gasteiger partial charge in [-0.15, -0.1) is 11.3 Å². The minimum Gasteiger partial charge on any atom is -0.383 e. The Morgan fingerprint density at radius 1 is 1.05 bits per heavy atom. The monoisotopic (exact) mass is 525 g/mol. The van der Waals surface area contributed by atoms with Crippen LogP contribution in [0.5, 0.6) is 0 Å². The minimum absolute atomic E-state index is 0.0305. The molecular formula is C29H36FN3O3S. The first-order chi connectivity index (χ1) is 18.0. The first kappa shape index (κ1) is 27.1. The van der Waals surface area contributed by atoms with Crippen LogP contribution in [0.2, 0.25) is 0 Å². The Morgan fingerprint density at radius 2 is 1.84 bits per heavy atom. The van der Waals surface area contributed by atoms with Crippen molar-refractivity contribution in [2.45, 2.75) is 57.7 Å². The largest absolute Gasteiger partial charge is 0.383 e. The van der Waals surface area contributed by atoms with Crippen molar-refractivity contribution in [2.75, 3.05) is 26.8 Å². The van der Waals surface area contributed by atoms with Gasteiger partial charge < -0.3 is 19.1 Å². The quantitative estimate of drug-likeness (QED) is 0.330. The number of rotatable bonds is 12. The van der Waals surface area contributed by atoms with Gasteiger partial charge in [0.2, 0.25) is 11.8 Å². The maximum atomic E-state index is 13.8. The molecule has 0 bridgehead atoms. The fourth-order valence-corrected chi connectivity index (χ4v) is 5.64. The molecule has 3 aromatic rings. The summed E-state index contributed by atoms with van der Waals surface area (Å²) >= 11 is 1.55. The van der Waals surface area contributed by atoms with Crippen LogP contribution in [0, 0.1) is 5.82 Å². The van der Waals surface area contributed by atoms with Crippen LogP contribution in [-0.2, 0) is 33.8 Å². The smallest absolute Gasteiger partial charge is 0.242 e. The third-order valence-corrected chi connectivity index (χ3v) is 7.88. The van der Waals surface area contributed by atoms with Crippen LogP contribution in [0.15, 0.2) is 60.1 Å². The van der Waals surface area contributed by atoms with Crippen LogP contribution in [0.1, 0.15) is 48.2 Å². The van der Waals surface area contributed by atoms with Gasteiger partial charge in [0, 0.05) is 43.0 Å². The fraction of sp³-hybridized carbons (Fsp3) is 0.448. The van der Waals surface area contributed by atoms with Gasteiger partial charge in [-0.05, 0) is 54.1 Å². The standard InChI is InChI=1S/C29H36FN3O3S/c1-36-17-16-32(28(34)19-27-10-6-18-37-27)22-29(35)33(25-7-3-2-4-8-25)21-26-9-5-15-31(26)20-23-11-13-24(30)14-12-23/h5-6,9-15,18,25H,2-4,7-8,16-17,19-22H2,1H3. The summed E-state index contributed by atoms with van der Waals surface area (Å²) in [4.78, 5) is 31.5. The molecular weight excluding hydrogens is 489 g/mol. The molecule has 198 valence electrons. The molecule has 0 aliphatic heterocycles. The van der Waals surface area contributed by atoms with E-state index in [4.69, 9.17) is 4.74 Å². The zero-order valence-electron chi connectivity index (χ0n) is 21.5. The lowest BCUT2D eigenvalue weighted by Gasteiger charge is -2.36. The Balaban J connectivity index is 1.50. The molecule has 6 nitrogen and oxygen atoms in total. The molecule has 0 atom stereocenters. The van der Waals surface area contributed by atoms with Crippen molar-refractivity contribution in [1.82, 2.24) is 14.4 Å². The molecule has 8 heteroatoms. The molecule has 37 heavy (non-hydrogen) atoms. The van der Waals surface area contributed by atoms with E-state index >= 15 is 0 Å². The summed E-state index contributed by atoms with van der Waals surface area (Å²) in [6.07, 6.45) is 7.65. The van der Waals surface area contributed by atoms with Crippen molar-refractivity contribution >= 4 is 23.2 Å². The van der Waals surface area contributed by atoms with E-state index in [-0.39, 0.29) is 30.2 Å². The number of carbonyl (C=O) groups is 2. The van der Waals surface area contributed by atoms with Crippen molar-refractivity contribution in [1.29, 1.82) is 0 Å². The minimum atomic E-state index is -0.253. The normalized spacial score (nSPS) is 14.0. The predicted molar refractivity (Wildman–Crippen MR) is 144 cm³/mol. The number of halogens is 1. The van der Waals surface area contributed by atoms with Crippen molar-refractivity contribution in [2.24, 2.45) is 0 Å². The van der Waals surface area contributed by atoms with Gasteiger partial charge in [0.05, 0.1) is 26.1 Å². The van der Waals surface area contributed by atoms with Gasteiger partial charge in [-0.25, -0.2) is 4.39 Å². The summed E-state index contributed by atoms with van der Waals surface area (Å²) in [6.45, 7) is 1.89. The van der Waals surface area contributed by atoms with Gasteiger partial charge in [0.25, 0.3) is 0 Å². The van der Waals surface area contributed by atoms with Crippen LogP contribution in [0.3, 0.4) is 0 Å². The average Bonchev–Trinajstić information content (AvgIpc) is 3.58. The highest BCUT2D eigenvalue weighted by atomic mass is 32.1. The molecule has 2 aromatic heterocycles.